The zero-order chi connectivity index (χ0) is 15.2. The second kappa shape index (κ2) is 7.69. The molecule has 21 heavy (non-hydrogen) atoms. The van der Waals surface area contributed by atoms with Crippen molar-refractivity contribution < 1.29 is 4.74 Å². The largest absolute Gasteiger partial charge is 0.454 e. The number of hydrogen-bond donors (Lipinski definition) is 1. The number of hydrogen-bond acceptors (Lipinski definition) is 2. The van der Waals surface area contributed by atoms with Gasteiger partial charge in [-0.05, 0) is 55.3 Å². The van der Waals surface area contributed by atoms with Crippen LogP contribution in [0.1, 0.15) is 24.5 Å². The first-order valence-electron chi connectivity index (χ1n) is 7.03. The summed E-state index contributed by atoms with van der Waals surface area (Å²) in [5.41, 5.74) is 2.22. The number of rotatable bonds is 6. The van der Waals surface area contributed by atoms with Crippen molar-refractivity contribution in [3.05, 3.63) is 57.6 Å². The molecule has 0 saturated heterocycles. The third-order valence-electron chi connectivity index (χ3n) is 3.06. The molecule has 112 valence electrons. The Morgan fingerprint density at radius 3 is 2.52 bits per heavy atom. The summed E-state index contributed by atoms with van der Waals surface area (Å²) < 4.78 is 5.82. The van der Waals surface area contributed by atoms with Crippen molar-refractivity contribution in [1.82, 2.24) is 5.32 Å². The third kappa shape index (κ3) is 4.63. The van der Waals surface area contributed by atoms with Crippen molar-refractivity contribution in [2.24, 2.45) is 0 Å². The van der Waals surface area contributed by atoms with E-state index in [9.17, 15) is 0 Å². The Hall–Kier alpha value is -1.22. The molecule has 1 N–H and O–H groups in total. The summed E-state index contributed by atoms with van der Waals surface area (Å²) in [6.07, 6.45) is 1.11. The highest BCUT2D eigenvalue weighted by molar-refractivity contribution is 6.32. The van der Waals surface area contributed by atoms with Crippen LogP contribution in [0.15, 0.2) is 36.4 Å². The van der Waals surface area contributed by atoms with Crippen molar-refractivity contribution in [2.45, 2.75) is 26.8 Å². The van der Waals surface area contributed by atoms with Gasteiger partial charge < -0.3 is 10.1 Å². The first-order chi connectivity index (χ1) is 10.1. The summed E-state index contributed by atoms with van der Waals surface area (Å²) in [6.45, 7) is 5.93. The normalized spacial score (nSPS) is 10.7. The van der Waals surface area contributed by atoms with E-state index in [0.717, 1.165) is 30.6 Å². The smallest absolute Gasteiger partial charge is 0.146 e. The predicted octanol–water partition coefficient (Wildman–Crippen LogP) is 5.59. The van der Waals surface area contributed by atoms with Crippen LogP contribution in [-0.2, 0) is 6.54 Å². The lowest BCUT2D eigenvalue weighted by Gasteiger charge is -2.11. The number of nitrogens with one attached hydrogen (secondary N) is 1. The summed E-state index contributed by atoms with van der Waals surface area (Å²) in [5, 5.41) is 4.50. The van der Waals surface area contributed by atoms with Crippen LogP contribution in [-0.4, -0.2) is 6.54 Å². The Labute approximate surface area is 136 Å². The van der Waals surface area contributed by atoms with E-state index in [1.54, 1.807) is 0 Å². The van der Waals surface area contributed by atoms with Gasteiger partial charge in [0.2, 0.25) is 0 Å². The van der Waals surface area contributed by atoms with Crippen LogP contribution in [0.5, 0.6) is 11.5 Å². The van der Waals surface area contributed by atoms with Gasteiger partial charge in [0.15, 0.2) is 0 Å². The van der Waals surface area contributed by atoms with Crippen molar-refractivity contribution in [3.8, 4) is 11.5 Å². The SMILES string of the molecule is CCCNCc1ccc(Oc2cc(C)ccc2Cl)c(Cl)c1. The minimum Gasteiger partial charge on any atom is -0.454 e. The molecule has 0 radical (unpaired) electrons. The van der Waals surface area contributed by atoms with E-state index in [4.69, 9.17) is 27.9 Å². The molecule has 0 heterocycles. The number of ether oxygens (including phenoxy) is 1. The van der Waals surface area contributed by atoms with E-state index in [2.05, 4.69) is 12.2 Å². The quantitative estimate of drug-likeness (QED) is 0.699. The zero-order valence-electron chi connectivity index (χ0n) is 12.2. The predicted molar refractivity (Wildman–Crippen MR) is 89.7 cm³/mol. The maximum Gasteiger partial charge on any atom is 0.146 e. The molecule has 0 bridgehead atoms. The molecule has 0 aromatic heterocycles. The van der Waals surface area contributed by atoms with Crippen molar-refractivity contribution in [2.75, 3.05) is 6.54 Å². The van der Waals surface area contributed by atoms with Crippen LogP contribution in [0.25, 0.3) is 0 Å². The van der Waals surface area contributed by atoms with E-state index >= 15 is 0 Å². The van der Waals surface area contributed by atoms with Gasteiger partial charge in [0.1, 0.15) is 11.5 Å². The van der Waals surface area contributed by atoms with Gasteiger partial charge in [0.05, 0.1) is 10.0 Å². The Bertz CT molecular complexity index is 614. The van der Waals surface area contributed by atoms with Crippen LogP contribution in [0.4, 0.5) is 0 Å². The van der Waals surface area contributed by atoms with Gasteiger partial charge in [-0.3, -0.25) is 0 Å². The maximum absolute atomic E-state index is 6.29. The van der Waals surface area contributed by atoms with Crippen LogP contribution >= 0.6 is 23.2 Å². The average Bonchev–Trinajstić information content (AvgIpc) is 2.46. The Morgan fingerprint density at radius 1 is 1.00 bits per heavy atom. The van der Waals surface area contributed by atoms with E-state index in [1.165, 1.54) is 0 Å². The molecule has 4 heteroatoms. The Kier molecular flexibility index (Phi) is 5.92. The number of benzene rings is 2. The summed E-state index contributed by atoms with van der Waals surface area (Å²) in [4.78, 5) is 0. The molecule has 0 aliphatic rings. The molecule has 0 aliphatic heterocycles. The molecule has 2 rings (SSSR count). The summed E-state index contributed by atoms with van der Waals surface area (Å²) in [6, 6.07) is 11.5. The van der Waals surface area contributed by atoms with Gasteiger partial charge in [0, 0.05) is 6.54 Å². The second-order valence-corrected chi connectivity index (χ2v) is 5.79. The monoisotopic (exact) mass is 323 g/mol. The zero-order valence-corrected chi connectivity index (χ0v) is 13.8. The molecule has 0 fully saturated rings. The van der Waals surface area contributed by atoms with Crippen molar-refractivity contribution in [1.29, 1.82) is 0 Å². The summed E-state index contributed by atoms with van der Waals surface area (Å²) in [5.74, 6) is 1.24. The lowest BCUT2D eigenvalue weighted by molar-refractivity contribution is 0.482. The molecule has 0 amide bonds. The average molecular weight is 324 g/mol. The fraction of sp³-hybridized carbons (Fsp3) is 0.294. The van der Waals surface area contributed by atoms with Crippen LogP contribution in [0.3, 0.4) is 0 Å². The fourth-order valence-corrected chi connectivity index (χ4v) is 2.35. The van der Waals surface area contributed by atoms with Gasteiger partial charge in [-0.1, -0.05) is 42.3 Å². The lowest BCUT2D eigenvalue weighted by atomic mass is 10.2. The van der Waals surface area contributed by atoms with E-state index in [-0.39, 0.29) is 0 Å². The molecule has 0 saturated carbocycles. The first kappa shape index (κ1) is 16.2. The first-order valence-corrected chi connectivity index (χ1v) is 7.79. The lowest BCUT2D eigenvalue weighted by Crippen LogP contribution is -2.13. The van der Waals surface area contributed by atoms with E-state index < -0.39 is 0 Å². The second-order valence-electron chi connectivity index (χ2n) is 4.98. The van der Waals surface area contributed by atoms with Gasteiger partial charge in [-0.2, -0.15) is 0 Å². The minimum atomic E-state index is 0.574. The molecular formula is C17H19Cl2NO. The van der Waals surface area contributed by atoms with Crippen LogP contribution in [0.2, 0.25) is 10.0 Å². The third-order valence-corrected chi connectivity index (χ3v) is 3.67. The van der Waals surface area contributed by atoms with Gasteiger partial charge in [0.25, 0.3) is 0 Å². The van der Waals surface area contributed by atoms with Gasteiger partial charge >= 0.3 is 0 Å². The number of halogens is 2. The molecule has 0 aliphatic carbocycles. The summed E-state index contributed by atoms with van der Waals surface area (Å²) in [7, 11) is 0. The molecule has 2 nitrogen and oxygen atoms in total. The Morgan fingerprint density at radius 2 is 1.81 bits per heavy atom. The molecule has 0 unspecified atom stereocenters. The van der Waals surface area contributed by atoms with Gasteiger partial charge in [-0.25, -0.2) is 0 Å². The highest BCUT2D eigenvalue weighted by Crippen LogP contribution is 2.34. The van der Waals surface area contributed by atoms with E-state index in [1.807, 2.05) is 43.3 Å². The molecule has 0 spiro atoms. The van der Waals surface area contributed by atoms with Crippen LogP contribution in [0, 0.1) is 6.92 Å². The highest BCUT2D eigenvalue weighted by Gasteiger charge is 2.08. The highest BCUT2D eigenvalue weighted by atomic mass is 35.5. The number of aryl methyl sites for hydroxylation is 1. The molecule has 2 aromatic rings. The molecule has 2 aromatic carbocycles. The molecular weight excluding hydrogens is 305 g/mol. The van der Waals surface area contributed by atoms with Crippen molar-refractivity contribution in [3.63, 3.8) is 0 Å². The fourth-order valence-electron chi connectivity index (χ4n) is 1.95. The molecule has 0 atom stereocenters. The minimum absolute atomic E-state index is 0.574. The van der Waals surface area contributed by atoms with Crippen LogP contribution < -0.4 is 10.1 Å². The Balaban J connectivity index is 2.12. The maximum atomic E-state index is 6.29. The van der Waals surface area contributed by atoms with Gasteiger partial charge in [-0.15, -0.1) is 0 Å². The standard InChI is InChI=1S/C17H19Cl2NO/c1-3-8-20-11-13-5-7-16(15(19)10-13)21-17-9-12(2)4-6-14(17)18/h4-7,9-10,20H,3,8,11H2,1-2H3. The summed E-state index contributed by atoms with van der Waals surface area (Å²) >= 11 is 12.4. The van der Waals surface area contributed by atoms with Crippen molar-refractivity contribution >= 4 is 23.2 Å². The van der Waals surface area contributed by atoms with E-state index in [0.29, 0.717) is 21.5 Å². The topological polar surface area (TPSA) is 21.3 Å².